The molecule has 0 aliphatic carbocycles. The van der Waals surface area contributed by atoms with E-state index in [4.69, 9.17) is 5.11 Å². The average Bonchev–Trinajstić information content (AvgIpc) is 2.16. The van der Waals surface area contributed by atoms with Crippen LogP contribution in [0.25, 0.3) is 0 Å². The highest BCUT2D eigenvalue weighted by Crippen LogP contribution is 2.29. The normalized spacial score (nSPS) is 12.9. The molecule has 0 bridgehead atoms. The molecule has 0 fully saturated rings. The third-order valence-electron chi connectivity index (χ3n) is 2.00. The zero-order valence-corrected chi connectivity index (χ0v) is 10.2. The Hall–Kier alpha value is 0.01000. The first-order valence-electron chi connectivity index (χ1n) is 4.13. The van der Waals surface area contributed by atoms with Crippen LogP contribution in [0.3, 0.4) is 0 Å². The van der Waals surface area contributed by atoms with Crippen molar-refractivity contribution < 1.29 is 5.11 Å². The number of hydrogen-bond acceptors (Lipinski definition) is 2. The summed E-state index contributed by atoms with van der Waals surface area (Å²) in [5.41, 5.74) is 1.21. The van der Waals surface area contributed by atoms with Crippen molar-refractivity contribution in [1.82, 2.24) is 0 Å². The maximum absolute atomic E-state index is 9.07. The van der Waals surface area contributed by atoms with Gasteiger partial charge in [0.2, 0.25) is 0 Å². The molecule has 0 heterocycles. The minimum atomic E-state index is 0.198. The van der Waals surface area contributed by atoms with Crippen LogP contribution in [0.2, 0.25) is 0 Å². The lowest BCUT2D eigenvalue weighted by Gasteiger charge is -2.13. The van der Waals surface area contributed by atoms with Crippen LogP contribution in [-0.4, -0.2) is 18.0 Å². The van der Waals surface area contributed by atoms with Gasteiger partial charge in [0.15, 0.2) is 0 Å². The van der Waals surface area contributed by atoms with Gasteiger partial charge < -0.3 is 5.11 Å². The van der Waals surface area contributed by atoms with Gasteiger partial charge in [-0.25, -0.2) is 0 Å². The Morgan fingerprint density at radius 1 is 1.54 bits per heavy atom. The second-order valence-electron chi connectivity index (χ2n) is 2.97. The number of aliphatic hydroxyl groups is 1. The van der Waals surface area contributed by atoms with Crippen molar-refractivity contribution in [3.63, 3.8) is 0 Å². The summed E-state index contributed by atoms with van der Waals surface area (Å²) in [5.74, 6) is 0.208. The Kier molecular flexibility index (Phi) is 4.29. The van der Waals surface area contributed by atoms with Crippen molar-refractivity contribution in [2.75, 3.05) is 12.9 Å². The van der Waals surface area contributed by atoms with Crippen molar-refractivity contribution in [1.29, 1.82) is 0 Å². The minimum Gasteiger partial charge on any atom is -0.396 e. The van der Waals surface area contributed by atoms with Crippen LogP contribution in [0.15, 0.2) is 27.6 Å². The van der Waals surface area contributed by atoms with Crippen molar-refractivity contribution in [2.24, 2.45) is 0 Å². The van der Waals surface area contributed by atoms with Crippen LogP contribution in [0.1, 0.15) is 18.4 Å². The molecule has 0 spiro atoms. The van der Waals surface area contributed by atoms with E-state index in [-0.39, 0.29) is 12.5 Å². The summed E-state index contributed by atoms with van der Waals surface area (Å²) in [5, 5.41) is 9.07. The largest absolute Gasteiger partial charge is 0.396 e. The minimum absolute atomic E-state index is 0.198. The lowest BCUT2D eigenvalue weighted by atomic mass is 10.0. The van der Waals surface area contributed by atoms with E-state index in [9.17, 15) is 0 Å². The molecule has 0 aliphatic heterocycles. The number of thioether (sulfide) groups is 1. The molecule has 1 rings (SSSR count). The maximum atomic E-state index is 9.07. The van der Waals surface area contributed by atoms with E-state index in [1.54, 1.807) is 11.8 Å². The molecule has 13 heavy (non-hydrogen) atoms. The molecule has 0 aliphatic rings. The molecule has 0 aromatic heterocycles. The second-order valence-corrected chi connectivity index (χ2v) is 4.73. The molecule has 1 nitrogen and oxygen atoms in total. The van der Waals surface area contributed by atoms with Gasteiger partial charge in [0.1, 0.15) is 0 Å². The first kappa shape index (κ1) is 11.1. The molecule has 0 radical (unpaired) electrons. The zero-order chi connectivity index (χ0) is 9.84. The summed E-state index contributed by atoms with van der Waals surface area (Å²) in [6.07, 6.45) is 2.05. The van der Waals surface area contributed by atoms with Crippen LogP contribution < -0.4 is 0 Å². The van der Waals surface area contributed by atoms with Crippen LogP contribution in [0, 0.1) is 0 Å². The molecule has 0 saturated heterocycles. The predicted octanol–water partition coefficient (Wildman–Crippen LogP) is 3.27. The number of halogens is 1. The fourth-order valence-electron chi connectivity index (χ4n) is 1.19. The van der Waals surface area contributed by atoms with E-state index in [0.717, 1.165) is 4.47 Å². The Bertz CT molecular complexity index is 288. The van der Waals surface area contributed by atoms with Crippen molar-refractivity contribution >= 4 is 27.7 Å². The Morgan fingerprint density at radius 3 is 2.77 bits per heavy atom. The summed E-state index contributed by atoms with van der Waals surface area (Å²) < 4.78 is 1.07. The van der Waals surface area contributed by atoms with E-state index >= 15 is 0 Å². The molecule has 72 valence electrons. The van der Waals surface area contributed by atoms with E-state index < -0.39 is 0 Å². The van der Waals surface area contributed by atoms with Gasteiger partial charge in [-0.3, -0.25) is 0 Å². The lowest BCUT2D eigenvalue weighted by molar-refractivity contribution is 0.272. The number of aliphatic hydroxyl groups excluding tert-OH is 1. The fourth-order valence-corrected chi connectivity index (χ4v) is 2.27. The standard InChI is InChI=1S/C10H13BrOS/c1-7(6-12)9-5-8(11)3-4-10(9)13-2/h3-5,7,12H,6H2,1-2H3. The molecule has 1 aromatic rings. The van der Waals surface area contributed by atoms with Gasteiger partial charge in [-0.05, 0) is 30.0 Å². The Balaban J connectivity index is 3.07. The van der Waals surface area contributed by atoms with Gasteiger partial charge >= 0.3 is 0 Å². The molecular weight excluding hydrogens is 248 g/mol. The summed E-state index contributed by atoms with van der Waals surface area (Å²) in [6, 6.07) is 6.18. The molecule has 1 aromatic carbocycles. The highest BCUT2D eigenvalue weighted by atomic mass is 79.9. The summed E-state index contributed by atoms with van der Waals surface area (Å²) in [7, 11) is 0. The third kappa shape index (κ3) is 2.73. The molecular formula is C10H13BrOS. The Labute approximate surface area is 91.7 Å². The topological polar surface area (TPSA) is 20.2 Å². The fraction of sp³-hybridized carbons (Fsp3) is 0.400. The van der Waals surface area contributed by atoms with Crippen LogP contribution in [0.5, 0.6) is 0 Å². The highest BCUT2D eigenvalue weighted by molar-refractivity contribution is 9.10. The van der Waals surface area contributed by atoms with Gasteiger partial charge in [-0.2, -0.15) is 0 Å². The van der Waals surface area contributed by atoms with Crippen LogP contribution in [-0.2, 0) is 0 Å². The van der Waals surface area contributed by atoms with Gasteiger partial charge in [0.05, 0.1) is 0 Å². The number of rotatable bonds is 3. The second kappa shape index (κ2) is 5.03. The van der Waals surface area contributed by atoms with Gasteiger partial charge in [-0.15, -0.1) is 11.8 Å². The summed E-state index contributed by atoms with van der Waals surface area (Å²) in [4.78, 5) is 1.24. The highest BCUT2D eigenvalue weighted by Gasteiger charge is 2.09. The van der Waals surface area contributed by atoms with Crippen LogP contribution >= 0.6 is 27.7 Å². The van der Waals surface area contributed by atoms with Gasteiger partial charge in [0.25, 0.3) is 0 Å². The molecule has 1 unspecified atom stereocenters. The van der Waals surface area contributed by atoms with E-state index in [2.05, 4.69) is 34.3 Å². The smallest absolute Gasteiger partial charge is 0.0497 e. The van der Waals surface area contributed by atoms with E-state index in [1.807, 2.05) is 13.0 Å². The van der Waals surface area contributed by atoms with Crippen molar-refractivity contribution in [3.05, 3.63) is 28.2 Å². The van der Waals surface area contributed by atoms with E-state index in [1.165, 1.54) is 10.5 Å². The monoisotopic (exact) mass is 260 g/mol. The Morgan fingerprint density at radius 2 is 2.23 bits per heavy atom. The average molecular weight is 261 g/mol. The zero-order valence-electron chi connectivity index (χ0n) is 7.75. The maximum Gasteiger partial charge on any atom is 0.0497 e. The number of benzene rings is 1. The summed E-state index contributed by atoms with van der Waals surface area (Å²) >= 11 is 5.15. The first-order chi connectivity index (χ1) is 6.19. The van der Waals surface area contributed by atoms with Crippen molar-refractivity contribution in [2.45, 2.75) is 17.7 Å². The lowest BCUT2D eigenvalue weighted by Crippen LogP contribution is -2.00. The third-order valence-corrected chi connectivity index (χ3v) is 3.30. The van der Waals surface area contributed by atoms with Gasteiger partial charge in [-0.1, -0.05) is 22.9 Å². The van der Waals surface area contributed by atoms with Crippen molar-refractivity contribution in [3.8, 4) is 0 Å². The molecule has 3 heteroatoms. The molecule has 0 saturated carbocycles. The quantitative estimate of drug-likeness (QED) is 0.843. The molecule has 1 N–H and O–H groups in total. The molecule has 1 atom stereocenters. The van der Waals surface area contributed by atoms with Crippen LogP contribution in [0.4, 0.5) is 0 Å². The SMILES string of the molecule is CSc1ccc(Br)cc1C(C)CO. The summed E-state index contributed by atoms with van der Waals surface area (Å²) in [6.45, 7) is 2.23. The molecule has 0 amide bonds. The van der Waals surface area contributed by atoms with E-state index in [0.29, 0.717) is 0 Å². The predicted molar refractivity (Wildman–Crippen MR) is 61.4 cm³/mol. The number of hydrogen-bond donors (Lipinski definition) is 1. The van der Waals surface area contributed by atoms with Gasteiger partial charge in [0, 0.05) is 21.9 Å². The first-order valence-corrected chi connectivity index (χ1v) is 6.15.